The van der Waals surface area contributed by atoms with Crippen LogP contribution in [0.25, 0.3) is 0 Å². The van der Waals surface area contributed by atoms with Crippen LogP contribution in [0.5, 0.6) is 5.75 Å². The van der Waals surface area contributed by atoms with Crippen molar-refractivity contribution in [3.63, 3.8) is 0 Å². The first-order valence-electron chi connectivity index (χ1n) is 8.26. The summed E-state index contributed by atoms with van der Waals surface area (Å²) in [4.78, 5) is 16.1. The van der Waals surface area contributed by atoms with Crippen molar-refractivity contribution in [1.82, 2.24) is 10.3 Å². The number of hydrogen-bond acceptors (Lipinski definition) is 5. The summed E-state index contributed by atoms with van der Waals surface area (Å²) in [7, 11) is -3.60. The number of carbonyl (C=O) groups excluding carboxylic acids is 1. The van der Waals surface area contributed by atoms with Gasteiger partial charge in [0.15, 0.2) is 0 Å². The zero-order valence-electron chi connectivity index (χ0n) is 14.9. The predicted molar refractivity (Wildman–Crippen MR) is 101 cm³/mol. The average molecular weight is 377 g/mol. The lowest BCUT2D eigenvalue weighted by atomic mass is 10.2. The lowest BCUT2D eigenvalue weighted by Crippen LogP contribution is -2.40. The Hall–Kier alpha value is -2.61. The quantitative estimate of drug-likeness (QED) is 0.722. The molecule has 1 N–H and O–H groups in total. The number of anilines is 1. The molecule has 0 bridgehead atoms. The van der Waals surface area contributed by atoms with Crippen LogP contribution in [-0.4, -0.2) is 38.7 Å². The van der Waals surface area contributed by atoms with Crippen LogP contribution in [0.4, 0.5) is 5.69 Å². The standard InChI is InChI=1S/C18H23N3O4S/c1-3-12-25-17-6-4-16(5-7-17)21(26(2,23)24)14-18(22)20-13-15-8-10-19-11-9-15/h4-11H,3,12-14H2,1-2H3,(H,20,22). The highest BCUT2D eigenvalue weighted by Gasteiger charge is 2.20. The van der Waals surface area contributed by atoms with Gasteiger partial charge in [0.2, 0.25) is 15.9 Å². The Morgan fingerprint density at radius 1 is 1.15 bits per heavy atom. The summed E-state index contributed by atoms with van der Waals surface area (Å²) in [5, 5.41) is 2.71. The van der Waals surface area contributed by atoms with Crippen molar-refractivity contribution in [1.29, 1.82) is 0 Å². The summed E-state index contributed by atoms with van der Waals surface area (Å²) >= 11 is 0. The number of nitrogens with zero attached hydrogens (tertiary/aromatic N) is 2. The first-order chi connectivity index (χ1) is 12.4. The maximum atomic E-state index is 12.2. The highest BCUT2D eigenvalue weighted by molar-refractivity contribution is 7.92. The number of ether oxygens (including phenoxy) is 1. The fourth-order valence-electron chi connectivity index (χ4n) is 2.22. The highest BCUT2D eigenvalue weighted by Crippen LogP contribution is 2.21. The molecule has 1 aromatic heterocycles. The molecule has 2 rings (SSSR count). The van der Waals surface area contributed by atoms with E-state index < -0.39 is 15.9 Å². The third-order valence-electron chi connectivity index (χ3n) is 3.52. The Bertz CT molecular complexity index is 808. The Morgan fingerprint density at radius 3 is 2.38 bits per heavy atom. The van der Waals surface area contributed by atoms with Crippen LogP contribution in [0.2, 0.25) is 0 Å². The van der Waals surface area contributed by atoms with Crippen molar-refractivity contribution in [2.75, 3.05) is 23.7 Å². The molecule has 140 valence electrons. The molecule has 1 aromatic carbocycles. The zero-order valence-corrected chi connectivity index (χ0v) is 15.7. The first-order valence-corrected chi connectivity index (χ1v) is 10.1. The number of sulfonamides is 1. The number of hydrogen-bond donors (Lipinski definition) is 1. The van der Waals surface area contributed by atoms with E-state index in [1.165, 1.54) is 0 Å². The molecule has 2 aromatic rings. The largest absolute Gasteiger partial charge is 0.494 e. The molecule has 1 heterocycles. The Kier molecular flexibility index (Phi) is 6.97. The van der Waals surface area contributed by atoms with Gasteiger partial charge in [-0.1, -0.05) is 6.92 Å². The summed E-state index contributed by atoms with van der Waals surface area (Å²) in [5.74, 6) is 0.268. The van der Waals surface area contributed by atoms with E-state index in [1.807, 2.05) is 6.92 Å². The van der Waals surface area contributed by atoms with Crippen molar-refractivity contribution in [3.05, 3.63) is 54.4 Å². The van der Waals surface area contributed by atoms with Gasteiger partial charge in [-0.05, 0) is 48.4 Å². The molecular weight excluding hydrogens is 354 g/mol. The molecule has 0 aliphatic carbocycles. The van der Waals surface area contributed by atoms with Crippen LogP contribution >= 0.6 is 0 Å². The number of pyridine rings is 1. The molecule has 0 fully saturated rings. The van der Waals surface area contributed by atoms with Crippen LogP contribution in [0.1, 0.15) is 18.9 Å². The Balaban J connectivity index is 2.04. The normalized spacial score (nSPS) is 11.0. The Morgan fingerprint density at radius 2 is 1.81 bits per heavy atom. The van der Waals surface area contributed by atoms with Gasteiger partial charge >= 0.3 is 0 Å². The van der Waals surface area contributed by atoms with Gasteiger partial charge in [0.05, 0.1) is 18.6 Å². The van der Waals surface area contributed by atoms with Gasteiger partial charge in [-0.3, -0.25) is 14.1 Å². The minimum atomic E-state index is -3.60. The summed E-state index contributed by atoms with van der Waals surface area (Å²) < 4.78 is 30.8. The van der Waals surface area contributed by atoms with Crippen LogP contribution in [-0.2, 0) is 21.4 Å². The van der Waals surface area contributed by atoms with Gasteiger partial charge in [0.1, 0.15) is 12.3 Å². The lowest BCUT2D eigenvalue weighted by Gasteiger charge is -2.22. The van der Waals surface area contributed by atoms with E-state index in [0.717, 1.165) is 22.5 Å². The summed E-state index contributed by atoms with van der Waals surface area (Å²) in [5.41, 5.74) is 1.30. The zero-order chi connectivity index (χ0) is 19.0. The number of aromatic nitrogens is 1. The van der Waals surface area contributed by atoms with Gasteiger partial charge in [-0.25, -0.2) is 8.42 Å². The van der Waals surface area contributed by atoms with Crippen LogP contribution in [0, 0.1) is 0 Å². The molecule has 0 spiro atoms. The molecule has 0 saturated carbocycles. The summed E-state index contributed by atoms with van der Waals surface area (Å²) in [6, 6.07) is 10.2. The Labute approximate surface area is 154 Å². The molecule has 0 aliphatic heterocycles. The maximum absolute atomic E-state index is 12.2. The smallest absolute Gasteiger partial charge is 0.241 e. The fraction of sp³-hybridized carbons (Fsp3) is 0.333. The number of rotatable bonds is 9. The monoisotopic (exact) mass is 377 g/mol. The molecule has 0 atom stereocenters. The molecule has 1 amide bonds. The second kappa shape index (κ2) is 9.19. The SMILES string of the molecule is CCCOc1ccc(N(CC(=O)NCc2ccncc2)S(C)(=O)=O)cc1. The molecule has 0 aliphatic rings. The molecule has 26 heavy (non-hydrogen) atoms. The second-order valence-electron chi connectivity index (χ2n) is 5.74. The maximum Gasteiger partial charge on any atom is 0.241 e. The summed E-state index contributed by atoms with van der Waals surface area (Å²) in [6.45, 7) is 2.61. The number of benzene rings is 1. The molecular formula is C18H23N3O4S. The third-order valence-corrected chi connectivity index (χ3v) is 4.66. The number of nitrogens with one attached hydrogen (secondary N) is 1. The average Bonchev–Trinajstić information content (AvgIpc) is 2.63. The van der Waals surface area contributed by atoms with E-state index in [4.69, 9.17) is 4.74 Å². The third kappa shape index (κ3) is 6.03. The van der Waals surface area contributed by atoms with Gasteiger partial charge in [0.25, 0.3) is 0 Å². The molecule has 0 radical (unpaired) electrons. The van der Waals surface area contributed by atoms with E-state index in [1.54, 1.807) is 48.8 Å². The minimum absolute atomic E-state index is 0.293. The van der Waals surface area contributed by atoms with E-state index in [9.17, 15) is 13.2 Å². The fourth-order valence-corrected chi connectivity index (χ4v) is 3.07. The van der Waals surface area contributed by atoms with Gasteiger partial charge in [0, 0.05) is 18.9 Å². The van der Waals surface area contributed by atoms with Crippen molar-refractivity contribution in [2.45, 2.75) is 19.9 Å². The van der Waals surface area contributed by atoms with Gasteiger partial charge < -0.3 is 10.1 Å². The molecule has 8 heteroatoms. The lowest BCUT2D eigenvalue weighted by molar-refractivity contribution is -0.119. The van der Waals surface area contributed by atoms with Gasteiger partial charge in [-0.15, -0.1) is 0 Å². The van der Waals surface area contributed by atoms with E-state index in [0.29, 0.717) is 24.6 Å². The van der Waals surface area contributed by atoms with Gasteiger partial charge in [-0.2, -0.15) is 0 Å². The minimum Gasteiger partial charge on any atom is -0.494 e. The predicted octanol–water partition coefficient (Wildman–Crippen LogP) is 1.95. The number of amides is 1. The molecule has 0 saturated heterocycles. The van der Waals surface area contributed by atoms with E-state index >= 15 is 0 Å². The van der Waals surface area contributed by atoms with E-state index in [2.05, 4.69) is 10.3 Å². The van der Waals surface area contributed by atoms with Crippen molar-refractivity contribution >= 4 is 21.6 Å². The van der Waals surface area contributed by atoms with Crippen LogP contribution < -0.4 is 14.4 Å². The second-order valence-corrected chi connectivity index (χ2v) is 7.65. The van der Waals surface area contributed by atoms with Crippen LogP contribution in [0.15, 0.2) is 48.8 Å². The van der Waals surface area contributed by atoms with Crippen molar-refractivity contribution in [2.24, 2.45) is 0 Å². The molecule has 0 unspecified atom stereocenters. The van der Waals surface area contributed by atoms with Crippen molar-refractivity contribution in [3.8, 4) is 5.75 Å². The topological polar surface area (TPSA) is 88.6 Å². The number of carbonyl (C=O) groups is 1. The van der Waals surface area contributed by atoms with E-state index in [-0.39, 0.29) is 6.54 Å². The summed E-state index contributed by atoms with van der Waals surface area (Å²) in [6.07, 6.45) is 5.22. The van der Waals surface area contributed by atoms with Crippen LogP contribution in [0.3, 0.4) is 0 Å². The highest BCUT2D eigenvalue weighted by atomic mass is 32.2. The van der Waals surface area contributed by atoms with Crippen molar-refractivity contribution < 1.29 is 17.9 Å². The molecule has 7 nitrogen and oxygen atoms in total. The first kappa shape index (κ1) is 19.7.